The van der Waals surface area contributed by atoms with E-state index in [1.54, 1.807) is 0 Å². The van der Waals surface area contributed by atoms with Crippen molar-refractivity contribution in [2.45, 2.75) is 39.2 Å². The third-order valence-corrected chi connectivity index (χ3v) is 4.74. The van der Waals surface area contributed by atoms with E-state index >= 15 is 0 Å². The van der Waals surface area contributed by atoms with Crippen molar-refractivity contribution in [1.29, 1.82) is 0 Å². The van der Waals surface area contributed by atoms with E-state index in [2.05, 4.69) is 40.7 Å². The van der Waals surface area contributed by atoms with Gasteiger partial charge in [-0.3, -0.25) is 4.79 Å². The van der Waals surface area contributed by atoms with Gasteiger partial charge in [-0.05, 0) is 37.4 Å². The molecule has 21 heavy (non-hydrogen) atoms. The Bertz CT molecular complexity index is 529. The molecule has 2 aliphatic heterocycles. The van der Waals surface area contributed by atoms with E-state index in [4.69, 9.17) is 0 Å². The first-order valence-electron chi connectivity index (χ1n) is 8.16. The van der Waals surface area contributed by atoms with Gasteiger partial charge in [0.1, 0.15) is 6.04 Å². The minimum absolute atomic E-state index is 0.0640. The molecule has 1 saturated heterocycles. The molecule has 1 aromatic carbocycles. The molecule has 1 fully saturated rings. The topological polar surface area (TPSA) is 44.4 Å². The van der Waals surface area contributed by atoms with Crippen LogP contribution in [0.15, 0.2) is 18.2 Å². The summed E-state index contributed by atoms with van der Waals surface area (Å²) in [7, 11) is 0. The van der Waals surface area contributed by atoms with Gasteiger partial charge in [0, 0.05) is 30.0 Å². The molecule has 0 radical (unpaired) electrons. The predicted molar refractivity (Wildman–Crippen MR) is 86.7 cm³/mol. The lowest BCUT2D eigenvalue weighted by Crippen LogP contribution is -2.35. The number of piperidine rings is 1. The summed E-state index contributed by atoms with van der Waals surface area (Å²) in [6.07, 6.45) is 3.86. The average molecular weight is 287 g/mol. The lowest BCUT2D eigenvalue weighted by atomic mass is 9.95. The van der Waals surface area contributed by atoms with Gasteiger partial charge < -0.3 is 15.5 Å². The molecule has 2 N–H and O–H groups in total. The number of nitrogens with zero attached hydrogens (tertiary/aromatic N) is 1. The first-order valence-corrected chi connectivity index (χ1v) is 8.16. The third-order valence-electron chi connectivity index (χ3n) is 4.74. The molecule has 2 atom stereocenters. The number of hydrogen-bond donors (Lipinski definition) is 2. The summed E-state index contributed by atoms with van der Waals surface area (Å²) in [5, 5.41) is 6.25. The summed E-state index contributed by atoms with van der Waals surface area (Å²) in [6.45, 7) is 7.36. The van der Waals surface area contributed by atoms with Crippen LogP contribution < -0.4 is 15.5 Å². The van der Waals surface area contributed by atoms with Crippen molar-refractivity contribution in [3.63, 3.8) is 0 Å². The minimum atomic E-state index is -0.191. The van der Waals surface area contributed by atoms with Crippen molar-refractivity contribution >= 4 is 17.3 Å². The summed E-state index contributed by atoms with van der Waals surface area (Å²) in [4.78, 5) is 14.5. The molecule has 0 aliphatic carbocycles. The van der Waals surface area contributed by atoms with Gasteiger partial charge in [0.25, 0.3) is 0 Å². The molecule has 4 heteroatoms. The van der Waals surface area contributed by atoms with Crippen molar-refractivity contribution in [3.8, 4) is 0 Å². The Labute approximate surface area is 126 Å². The zero-order chi connectivity index (χ0) is 14.8. The summed E-state index contributed by atoms with van der Waals surface area (Å²) in [5.41, 5.74) is 3.29. The zero-order valence-corrected chi connectivity index (χ0v) is 13.0. The van der Waals surface area contributed by atoms with Crippen molar-refractivity contribution in [1.82, 2.24) is 5.32 Å². The highest BCUT2D eigenvalue weighted by atomic mass is 16.2. The van der Waals surface area contributed by atoms with E-state index in [9.17, 15) is 4.79 Å². The second kappa shape index (κ2) is 6.06. The SMILES string of the molecule is CCNC1C(=O)Nc2cc(N3CCCC(CC)C3)ccc21. The minimum Gasteiger partial charge on any atom is -0.371 e. The van der Waals surface area contributed by atoms with Crippen molar-refractivity contribution < 1.29 is 4.79 Å². The molecule has 4 nitrogen and oxygen atoms in total. The highest BCUT2D eigenvalue weighted by Crippen LogP contribution is 2.35. The standard InChI is InChI=1S/C17H25N3O/c1-3-12-6-5-9-20(11-12)13-7-8-14-15(10-13)19-17(21)16(14)18-4-2/h7-8,10,12,16,18H,3-6,9,11H2,1-2H3,(H,19,21). The zero-order valence-electron chi connectivity index (χ0n) is 13.0. The molecule has 2 aliphatic rings. The molecular formula is C17H25N3O. The smallest absolute Gasteiger partial charge is 0.246 e. The van der Waals surface area contributed by atoms with E-state index in [1.807, 2.05) is 6.92 Å². The molecule has 1 aromatic rings. The Kier molecular flexibility index (Phi) is 4.15. The van der Waals surface area contributed by atoms with Crippen LogP contribution in [0.3, 0.4) is 0 Å². The number of fused-ring (bicyclic) bond motifs is 1. The highest BCUT2D eigenvalue weighted by molar-refractivity contribution is 6.03. The van der Waals surface area contributed by atoms with Crippen molar-refractivity contribution in [3.05, 3.63) is 23.8 Å². The molecule has 0 bridgehead atoms. The number of rotatable bonds is 4. The maximum Gasteiger partial charge on any atom is 0.246 e. The van der Waals surface area contributed by atoms with E-state index in [0.717, 1.165) is 36.8 Å². The number of nitrogens with one attached hydrogen (secondary N) is 2. The molecule has 0 aromatic heterocycles. The van der Waals surface area contributed by atoms with Crippen LogP contribution in [0.5, 0.6) is 0 Å². The summed E-state index contributed by atoms with van der Waals surface area (Å²) < 4.78 is 0. The van der Waals surface area contributed by atoms with Gasteiger partial charge in [-0.2, -0.15) is 0 Å². The highest BCUT2D eigenvalue weighted by Gasteiger charge is 2.30. The monoisotopic (exact) mass is 287 g/mol. The fourth-order valence-corrected chi connectivity index (χ4v) is 3.49. The molecule has 0 spiro atoms. The number of carbonyl (C=O) groups excluding carboxylic acids is 1. The van der Waals surface area contributed by atoms with Crippen molar-refractivity contribution in [2.75, 3.05) is 29.9 Å². The second-order valence-corrected chi connectivity index (χ2v) is 6.11. The first-order chi connectivity index (χ1) is 10.2. The lowest BCUT2D eigenvalue weighted by molar-refractivity contribution is -0.117. The van der Waals surface area contributed by atoms with Crippen LogP contribution in [0.1, 0.15) is 44.7 Å². The van der Waals surface area contributed by atoms with Crippen LogP contribution in [-0.4, -0.2) is 25.5 Å². The second-order valence-electron chi connectivity index (χ2n) is 6.11. The maximum absolute atomic E-state index is 12.0. The molecular weight excluding hydrogens is 262 g/mol. The van der Waals surface area contributed by atoms with Crippen LogP contribution in [-0.2, 0) is 4.79 Å². The largest absolute Gasteiger partial charge is 0.371 e. The fraction of sp³-hybridized carbons (Fsp3) is 0.588. The van der Waals surface area contributed by atoms with E-state index in [1.165, 1.54) is 24.9 Å². The van der Waals surface area contributed by atoms with E-state index in [-0.39, 0.29) is 11.9 Å². The predicted octanol–water partition coefficient (Wildman–Crippen LogP) is 2.92. The Morgan fingerprint density at radius 1 is 1.38 bits per heavy atom. The number of likely N-dealkylation sites (N-methyl/N-ethyl adjacent to an activating group) is 1. The lowest BCUT2D eigenvalue weighted by Gasteiger charge is -2.34. The van der Waals surface area contributed by atoms with Gasteiger partial charge in [-0.25, -0.2) is 0 Å². The van der Waals surface area contributed by atoms with E-state index in [0.29, 0.717) is 0 Å². The number of carbonyl (C=O) groups is 1. The summed E-state index contributed by atoms with van der Waals surface area (Å²) >= 11 is 0. The Morgan fingerprint density at radius 3 is 3.00 bits per heavy atom. The van der Waals surface area contributed by atoms with Crippen LogP contribution in [0.2, 0.25) is 0 Å². The Hall–Kier alpha value is -1.55. The maximum atomic E-state index is 12.0. The molecule has 2 unspecified atom stereocenters. The van der Waals surface area contributed by atoms with Gasteiger partial charge in [-0.15, -0.1) is 0 Å². The Morgan fingerprint density at radius 2 is 2.24 bits per heavy atom. The molecule has 0 saturated carbocycles. The number of amides is 1. The Balaban J connectivity index is 1.81. The average Bonchev–Trinajstić information content (AvgIpc) is 2.83. The molecule has 1 amide bonds. The van der Waals surface area contributed by atoms with Crippen LogP contribution in [0.25, 0.3) is 0 Å². The van der Waals surface area contributed by atoms with E-state index < -0.39 is 0 Å². The summed E-state index contributed by atoms with van der Waals surface area (Å²) in [5.74, 6) is 0.866. The molecule has 2 heterocycles. The first kappa shape index (κ1) is 14.4. The summed E-state index contributed by atoms with van der Waals surface area (Å²) in [6, 6.07) is 6.22. The third kappa shape index (κ3) is 2.77. The number of anilines is 2. The van der Waals surface area contributed by atoms with Gasteiger partial charge in [0.05, 0.1) is 0 Å². The van der Waals surface area contributed by atoms with Crippen molar-refractivity contribution in [2.24, 2.45) is 5.92 Å². The number of hydrogen-bond acceptors (Lipinski definition) is 3. The molecule has 114 valence electrons. The van der Waals surface area contributed by atoms with Gasteiger partial charge >= 0.3 is 0 Å². The fourth-order valence-electron chi connectivity index (χ4n) is 3.49. The van der Waals surface area contributed by atoms with Gasteiger partial charge in [0.15, 0.2) is 0 Å². The van der Waals surface area contributed by atoms with Gasteiger partial charge in [-0.1, -0.05) is 26.3 Å². The van der Waals surface area contributed by atoms with Crippen LogP contribution in [0.4, 0.5) is 11.4 Å². The van der Waals surface area contributed by atoms with Crippen LogP contribution in [0, 0.1) is 5.92 Å². The molecule has 3 rings (SSSR count). The normalized spacial score (nSPS) is 24.9. The number of benzene rings is 1. The van der Waals surface area contributed by atoms with Crippen LogP contribution >= 0.6 is 0 Å². The quantitative estimate of drug-likeness (QED) is 0.895. The van der Waals surface area contributed by atoms with Gasteiger partial charge in [0.2, 0.25) is 5.91 Å².